The number of ether oxygens (including phenoxy) is 1. The van der Waals surface area contributed by atoms with Crippen molar-refractivity contribution in [1.29, 1.82) is 0 Å². The van der Waals surface area contributed by atoms with Gasteiger partial charge in [-0.1, -0.05) is 42.5 Å². The van der Waals surface area contributed by atoms with E-state index >= 15 is 0 Å². The fraction of sp³-hybridized carbons (Fsp3) is 0.364. The van der Waals surface area contributed by atoms with Gasteiger partial charge in [0.25, 0.3) is 0 Å². The number of hydrogen-bond donors (Lipinski definition) is 1. The van der Waals surface area contributed by atoms with Gasteiger partial charge >= 0.3 is 5.97 Å². The Labute approximate surface area is 163 Å². The molecule has 0 aliphatic carbocycles. The third-order valence-corrected chi connectivity index (χ3v) is 5.58. The highest BCUT2D eigenvalue weighted by Gasteiger charge is 2.43. The maximum atomic E-state index is 14.2. The number of carboxylic acid groups (broad SMARTS) is 1. The van der Waals surface area contributed by atoms with Crippen LogP contribution >= 0.6 is 0 Å². The van der Waals surface area contributed by atoms with Gasteiger partial charge in [-0.15, -0.1) is 0 Å². The fourth-order valence-electron chi connectivity index (χ4n) is 3.83. The normalized spacial score (nSPS) is 15.9. The fourth-order valence-corrected chi connectivity index (χ4v) is 3.83. The number of likely N-dealkylation sites (tertiary alicyclic amines) is 1. The second-order valence-electron chi connectivity index (χ2n) is 7.07. The van der Waals surface area contributed by atoms with E-state index in [2.05, 4.69) is 0 Å². The van der Waals surface area contributed by atoms with Crippen LogP contribution in [0.4, 0.5) is 4.39 Å². The van der Waals surface area contributed by atoms with Crippen LogP contribution in [0, 0.1) is 5.82 Å². The van der Waals surface area contributed by atoms with Gasteiger partial charge in [-0.25, -0.2) is 4.39 Å². The van der Waals surface area contributed by atoms with E-state index in [1.54, 1.807) is 23.1 Å². The standard InChI is InChI=1S/C22H24FNO4/c1-28-18-9-5-6-16(20(18)23)10-11-19(25)24-14-12-22(13-15-24,21(26)27)17-7-3-2-4-8-17/h2-9H,10-15H2,1H3,(H,26,27). The number of amides is 1. The first-order valence-electron chi connectivity index (χ1n) is 9.36. The number of benzene rings is 2. The first kappa shape index (κ1) is 19.9. The Kier molecular flexibility index (Phi) is 5.97. The lowest BCUT2D eigenvalue weighted by Crippen LogP contribution is -2.49. The topological polar surface area (TPSA) is 66.8 Å². The molecule has 0 saturated carbocycles. The van der Waals surface area contributed by atoms with E-state index in [1.165, 1.54) is 7.11 Å². The van der Waals surface area contributed by atoms with Crippen molar-refractivity contribution in [2.75, 3.05) is 20.2 Å². The van der Waals surface area contributed by atoms with Gasteiger partial charge < -0.3 is 14.7 Å². The first-order chi connectivity index (χ1) is 13.5. The molecule has 28 heavy (non-hydrogen) atoms. The lowest BCUT2D eigenvalue weighted by atomic mass is 9.73. The summed E-state index contributed by atoms with van der Waals surface area (Å²) in [6.07, 6.45) is 1.19. The van der Waals surface area contributed by atoms with Gasteiger partial charge in [0.15, 0.2) is 11.6 Å². The third-order valence-electron chi connectivity index (χ3n) is 5.58. The summed E-state index contributed by atoms with van der Waals surface area (Å²) in [6.45, 7) is 0.751. The molecule has 1 aliphatic heterocycles. The van der Waals surface area contributed by atoms with Crippen molar-refractivity contribution in [1.82, 2.24) is 4.90 Å². The molecule has 3 rings (SSSR count). The number of carbonyl (C=O) groups excluding carboxylic acids is 1. The minimum Gasteiger partial charge on any atom is -0.494 e. The summed E-state index contributed by atoms with van der Waals surface area (Å²) in [5.41, 5.74) is 0.249. The Morgan fingerprint density at radius 2 is 1.79 bits per heavy atom. The lowest BCUT2D eigenvalue weighted by Gasteiger charge is -2.39. The van der Waals surface area contributed by atoms with Gasteiger partial charge in [-0.3, -0.25) is 9.59 Å². The molecule has 1 aliphatic rings. The molecule has 1 amide bonds. The average Bonchev–Trinajstić information content (AvgIpc) is 2.73. The molecule has 2 aromatic carbocycles. The predicted octanol–water partition coefficient (Wildman–Crippen LogP) is 3.41. The van der Waals surface area contributed by atoms with Crippen molar-refractivity contribution in [2.45, 2.75) is 31.1 Å². The molecule has 1 heterocycles. The molecular formula is C22H24FNO4. The molecule has 5 nitrogen and oxygen atoms in total. The Balaban J connectivity index is 1.63. The summed E-state index contributed by atoms with van der Waals surface area (Å²) in [7, 11) is 1.41. The number of rotatable bonds is 6. The van der Waals surface area contributed by atoms with Crippen molar-refractivity contribution in [3.63, 3.8) is 0 Å². The molecule has 0 spiro atoms. The van der Waals surface area contributed by atoms with Crippen molar-refractivity contribution in [3.05, 3.63) is 65.5 Å². The Hall–Kier alpha value is -2.89. The highest BCUT2D eigenvalue weighted by Crippen LogP contribution is 2.36. The minimum atomic E-state index is -0.961. The molecule has 1 fully saturated rings. The zero-order chi connectivity index (χ0) is 20.1. The Morgan fingerprint density at radius 3 is 2.39 bits per heavy atom. The second kappa shape index (κ2) is 8.42. The number of aryl methyl sites for hydroxylation is 1. The van der Waals surface area contributed by atoms with Crippen LogP contribution in [0.2, 0.25) is 0 Å². The van der Waals surface area contributed by atoms with E-state index in [0.717, 1.165) is 5.56 Å². The smallest absolute Gasteiger partial charge is 0.314 e. The van der Waals surface area contributed by atoms with Gasteiger partial charge in [0.1, 0.15) is 0 Å². The van der Waals surface area contributed by atoms with Crippen LogP contribution < -0.4 is 4.74 Å². The maximum Gasteiger partial charge on any atom is 0.314 e. The van der Waals surface area contributed by atoms with Crippen LogP contribution in [0.1, 0.15) is 30.4 Å². The highest BCUT2D eigenvalue weighted by molar-refractivity contribution is 5.82. The molecule has 0 unspecified atom stereocenters. The number of hydrogen-bond acceptors (Lipinski definition) is 3. The molecule has 2 aromatic rings. The summed E-state index contributed by atoms with van der Waals surface area (Å²) in [4.78, 5) is 26.3. The first-order valence-corrected chi connectivity index (χ1v) is 9.36. The lowest BCUT2D eigenvalue weighted by molar-refractivity contribution is -0.148. The van der Waals surface area contributed by atoms with E-state index in [1.807, 2.05) is 30.3 Å². The molecule has 1 N–H and O–H groups in total. The van der Waals surface area contributed by atoms with Gasteiger partial charge in [-0.2, -0.15) is 0 Å². The number of piperidine rings is 1. The van der Waals surface area contributed by atoms with Crippen molar-refractivity contribution >= 4 is 11.9 Å². The highest BCUT2D eigenvalue weighted by atomic mass is 19.1. The van der Waals surface area contributed by atoms with Crippen LogP contribution in [-0.2, 0) is 21.4 Å². The number of aliphatic carboxylic acids is 1. The predicted molar refractivity (Wildman–Crippen MR) is 103 cm³/mol. The summed E-state index contributed by atoms with van der Waals surface area (Å²) in [5.74, 6) is -1.22. The summed E-state index contributed by atoms with van der Waals surface area (Å²) >= 11 is 0. The van der Waals surface area contributed by atoms with Crippen molar-refractivity contribution in [2.24, 2.45) is 0 Å². The Bertz CT molecular complexity index is 845. The third kappa shape index (κ3) is 3.86. The second-order valence-corrected chi connectivity index (χ2v) is 7.07. The van der Waals surface area contributed by atoms with Gasteiger partial charge in [-0.05, 0) is 36.5 Å². The minimum absolute atomic E-state index is 0.0886. The quantitative estimate of drug-likeness (QED) is 0.828. The molecule has 0 aromatic heterocycles. The molecule has 6 heteroatoms. The SMILES string of the molecule is COc1cccc(CCC(=O)N2CCC(C(=O)O)(c3ccccc3)CC2)c1F. The van der Waals surface area contributed by atoms with Crippen molar-refractivity contribution < 1.29 is 23.8 Å². The average molecular weight is 385 g/mol. The van der Waals surface area contributed by atoms with Crippen molar-refractivity contribution in [3.8, 4) is 5.75 Å². The maximum absolute atomic E-state index is 14.2. The number of methoxy groups -OCH3 is 1. The number of halogens is 1. The number of nitrogens with zero attached hydrogens (tertiary/aromatic N) is 1. The summed E-state index contributed by atoms with van der Waals surface area (Å²) < 4.78 is 19.2. The Morgan fingerprint density at radius 1 is 1.11 bits per heavy atom. The number of carboxylic acids is 1. The molecule has 148 valence electrons. The molecule has 1 saturated heterocycles. The van der Waals surface area contributed by atoms with Gasteiger partial charge in [0.05, 0.1) is 12.5 Å². The van der Waals surface area contributed by atoms with E-state index in [4.69, 9.17) is 4.74 Å². The molecular weight excluding hydrogens is 361 g/mol. The zero-order valence-electron chi connectivity index (χ0n) is 15.9. The number of carbonyl (C=O) groups is 2. The van der Waals surface area contributed by atoms with Crippen LogP contribution in [0.5, 0.6) is 5.75 Å². The monoisotopic (exact) mass is 385 g/mol. The van der Waals surface area contributed by atoms with E-state index < -0.39 is 17.2 Å². The van der Waals surface area contributed by atoms with E-state index in [9.17, 15) is 19.1 Å². The van der Waals surface area contributed by atoms with E-state index in [0.29, 0.717) is 31.5 Å². The molecule has 0 bridgehead atoms. The van der Waals surface area contributed by atoms with Gasteiger partial charge in [0, 0.05) is 19.5 Å². The zero-order valence-corrected chi connectivity index (χ0v) is 15.9. The summed E-state index contributed by atoms with van der Waals surface area (Å²) in [5, 5.41) is 9.84. The molecule has 0 radical (unpaired) electrons. The van der Waals surface area contributed by atoms with Gasteiger partial charge in [0.2, 0.25) is 5.91 Å². The van der Waals surface area contributed by atoms with Crippen LogP contribution in [0.15, 0.2) is 48.5 Å². The van der Waals surface area contributed by atoms with Crippen LogP contribution in [0.25, 0.3) is 0 Å². The summed E-state index contributed by atoms with van der Waals surface area (Å²) in [6, 6.07) is 14.1. The van der Waals surface area contributed by atoms with Crippen LogP contribution in [-0.4, -0.2) is 42.1 Å². The van der Waals surface area contributed by atoms with E-state index in [-0.39, 0.29) is 24.5 Å². The molecule has 0 atom stereocenters. The van der Waals surface area contributed by atoms with Crippen LogP contribution in [0.3, 0.4) is 0 Å². The largest absolute Gasteiger partial charge is 0.494 e.